The average Bonchev–Trinajstić information content (AvgIpc) is 2.00. The van der Waals surface area contributed by atoms with E-state index in [1.54, 1.807) is 0 Å². The zero-order chi connectivity index (χ0) is 6.36. The molecule has 0 saturated carbocycles. The molecule has 0 aromatic carbocycles. The van der Waals surface area contributed by atoms with Crippen molar-refractivity contribution in [1.82, 2.24) is 0 Å². The van der Waals surface area contributed by atoms with Gasteiger partial charge in [0.25, 0.3) is 0 Å². The second-order valence-corrected chi connectivity index (χ2v) is 5.33. The Balaban J connectivity index is 2.02. The Bertz CT molecular complexity index is 39.5. The first-order valence-electron chi connectivity index (χ1n) is 3.23. The Hall–Kier alpha value is 0.710. The molecule has 0 aromatic heterocycles. The summed E-state index contributed by atoms with van der Waals surface area (Å²) in [5.41, 5.74) is 0. The molecule has 0 bridgehead atoms. The second-order valence-electron chi connectivity index (χ2n) is 1.84. The van der Waals surface area contributed by atoms with Crippen molar-refractivity contribution >= 4 is 20.9 Å². The Morgan fingerprint density at radius 1 is 0.778 bits per heavy atom. The van der Waals surface area contributed by atoms with Gasteiger partial charge < -0.3 is 0 Å². The molecule has 0 amide bonds. The molecule has 0 radical (unpaired) electrons. The summed E-state index contributed by atoms with van der Waals surface area (Å²) in [7, 11) is 0. The number of hydrogen-bond acceptors (Lipinski definition) is 2. The zero-order valence-corrected chi connectivity index (χ0v) is 7.80. The van der Waals surface area contributed by atoms with E-state index >= 15 is 0 Å². The zero-order valence-electron chi connectivity index (χ0n) is 5.47. The van der Waals surface area contributed by atoms with E-state index in [-0.39, 0.29) is 20.9 Å². The molecular weight excluding hydrogens is 232 g/mol. The summed E-state index contributed by atoms with van der Waals surface area (Å²) in [6.07, 6.45) is 0. The molecule has 0 unspecified atom stereocenters. The van der Waals surface area contributed by atoms with Gasteiger partial charge in [-0.2, -0.15) is 0 Å². The molecule has 3 heteroatoms. The fourth-order valence-corrected chi connectivity index (χ4v) is 2.59. The van der Waals surface area contributed by atoms with Gasteiger partial charge in [0, 0.05) is 0 Å². The second kappa shape index (κ2) is 5.49. The SMILES string of the molecule is C1COCC[Te]CCO1. The van der Waals surface area contributed by atoms with Crippen molar-refractivity contribution < 1.29 is 9.47 Å². The van der Waals surface area contributed by atoms with Crippen molar-refractivity contribution in [1.29, 1.82) is 0 Å². The monoisotopic (exact) mass is 246 g/mol. The molecule has 1 heterocycles. The molecule has 1 rings (SSSR count). The van der Waals surface area contributed by atoms with Gasteiger partial charge in [-0.05, 0) is 0 Å². The predicted molar refractivity (Wildman–Crippen MR) is 37.0 cm³/mol. The Kier molecular flexibility index (Phi) is 4.77. The van der Waals surface area contributed by atoms with Gasteiger partial charge in [-0.1, -0.05) is 0 Å². The van der Waals surface area contributed by atoms with Crippen LogP contribution in [-0.2, 0) is 9.47 Å². The molecule has 0 aliphatic carbocycles. The van der Waals surface area contributed by atoms with Crippen molar-refractivity contribution in [3.05, 3.63) is 0 Å². The summed E-state index contributed by atoms with van der Waals surface area (Å²) in [5, 5.41) is 0. The van der Waals surface area contributed by atoms with E-state index in [9.17, 15) is 0 Å². The van der Waals surface area contributed by atoms with Crippen molar-refractivity contribution in [2.75, 3.05) is 26.4 Å². The van der Waals surface area contributed by atoms with Crippen LogP contribution in [0.3, 0.4) is 0 Å². The fourth-order valence-electron chi connectivity index (χ4n) is 0.660. The van der Waals surface area contributed by atoms with Gasteiger partial charge in [0.1, 0.15) is 0 Å². The van der Waals surface area contributed by atoms with Crippen LogP contribution in [0, 0.1) is 0 Å². The minimum atomic E-state index is 0.248. The third-order valence-electron chi connectivity index (χ3n) is 1.12. The Morgan fingerprint density at radius 3 is 1.89 bits per heavy atom. The van der Waals surface area contributed by atoms with Crippen LogP contribution in [0.4, 0.5) is 0 Å². The first-order chi connectivity index (χ1) is 4.50. The van der Waals surface area contributed by atoms with Gasteiger partial charge in [0.05, 0.1) is 0 Å². The van der Waals surface area contributed by atoms with E-state index < -0.39 is 0 Å². The van der Waals surface area contributed by atoms with Crippen LogP contribution >= 0.6 is 0 Å². The molecule has 54 valence electrons. The molecule has 0 spiro atoms. The molecular formula is C6H12O2Te. The van der Waals surface area contributed by atoms with E-state index in [2.05, 4.69) is 0 Å². The topological polar surface area (TPSA) is 18.5 Å². The number of ether oxygens (including phenoxy) is 2. The molecule has 1 aliphatic heterocycles. The minimum absolute atomic E-state index is 0.248. The van der Waals surface area contributed by atoms with E-state index in [4.69, 9.17) is 9.47 Å². The molecule has 1 fully saturated rings. The van der Waals surface area contributed by atoms with E-state index in [1.807, 2.05) is 0 Å². The van der Waals surface area contributed by atoms with Crippen molar-refractivity contribution in [3.63, 3.8) is 0 Å². The molecule has 0 atom stereocenters. The van der Waals surface area contributed by atoms with Gasteiger partial charge in [0.15, 0.2) is 0 Å². The molecule has 1 aliphatic rings. The van der Waals surface area contributed by atoms with Crippen molar-refractivity contribution in [3.8, 4) is 0 Å². The molecule has 1 saturated heterocycles. The van der Waals surface area contributed by atoms with Gasteiger partial charge in [-0.15, -0.1) is 0 Å². The third-order valence-corrected chi connectivity index (χ3v) is 3.72. The summed E-state index contributed by atoms with van der Waals surface area (Å²) in [6, 6.07) is 0. The maximum atomic E-state index is 5.26. The average molecular weight is 244 g/mol. The summed E-state index contributed by atoms with van der Waals surface area (Å²) in [4.78, 5) is 0. The van der Waals surface area contributed by atoms with Crippen LogP contribution in [0.25, 0.3) is 0 Å². The van der Waals surface area contributed by atoms with Gasteiger partial charge in [-0.3, -0.25) is 0 Å². The first kappa shape index (κ1) is 7.81. The Morgan fingerprint density at radius 2 is 1.33 bits per heavy atom. The number of rotatable bonds is 0. The molecule has 0 N–H and O–H groups in total. The van der Waals surface area contributed by atoms with Crippen LogP contribution in [0.5, 0.6) is 0 Å². The van der Waals surface area contributed by atoms with E-state index in [1.165, 1.54) is 8.94 Å². The maximum absolute atomic E-state index is 5.26. The first-order valence-corrected chi connectivity index (χ1v) is 6.53. The third kappa shape index (κ3) is 4.16. The van der Waals surface area contributed by atoms with Crippen LogP contribution in [0.2, 0.25) is 8.94 Å². The molecule has 9 heavy (non-hydrogen) atoms. The summed E-state index contributed by atoms with van der Waals surface area (Å²) < 4.78 is 13.2. The standard InChI is InChI=1S/C6H12O2Te/c1-2-8-4-6-9-5-3-7-1/h1-6H2. The molecule has 0 aromatic rings. The van der Waals surface area contributed by atoms with Crippen LogP contribution in [0.15, 0.2) is 0 Å². The summed E-state index contributed by atoms with van der Waals surface area (Å²) in [5.74, 6) is 0. The normalized spacial score (nSPS) is 24.0. The quantitative estimate of drug-likeness (QED) is 0.580. The van der Waals surface area contributed by atoms with Crippen LogP contribution in [0.1, 0.15) is 0 Å². The van der Waals surface area contributed by atoms with Crippen LogP contribution in [-0.4, -0.2) is 47.4 Å². The predicted octanol–water partition coefficient (Wildman–Crippen LogP) is 0.574. The summed E-state index contributed by atoms with van der Waals surface area (Å²) in [6.45, 7) is 3.55. The van der Waals surface area contributed by atoms with Gasteiger partial charge in [0.2, 0.25) is 0 Å². The van der Waals surface area contributed by atoms with Crippen molar-refractivity contribution in [2.24, 2.45) is 0 Å². The van der Waals surface area contributed by atoms with E-state index in [0.29, 0.717) is 0 Å². The van der Waals surface area contributed by atoms with Gasteiger partial charge >= 0.3 is 65.8 Å². The van der Waals surface area contributed by atoms with E-state index in [0.717, 1.165) is 26.4 Å². The fraction of sp³-hybridized carbons (Fsp3) is 1.00. The van der Waals surface area contributed by atoms with Gasteiger partial charge in [-0.25, -0.2) is 0 Å². The summed E-state index contributed by atoms with van der Waals surface area (Å²) >= 11 is 0.248. The van der Waals surface area contributed by atoms with Crippen molar-refractivity contribution in [2.45, 2.75) is 8.94 Å². The number of hydrogen-bond donors (Lipinski definition) is 0. The van der Waals surface area contributed by atoms with Crippen LogP contribution < -0.4 is 0 Å². The molecule has 2 nitrogen and oxygen atoms in total. The Labute approximate surface area is 66.0 Å².